The Labute approximate surface area is 103 Å². The van der Waals surface area contributed by atoms with Gasteiger partial charge in [-0.05, 0) is 24.6 Å². The van der Waals surface area contributed by atoms with Gasteiger partial charge in [-0.2, -0.15) is 0 Å². The second-order valence-corrected chi connectivity index (χ2v) is 4.42. The zero-order chi connectivity index (χ0) is 11.4. The highest BCUT2D eigenvalue weighted by Gasteiger charge is 2.05. The predicted octanol–water partition coefficient (Wildman–Crippen LogP) is 3.41. The third kappa shape index (κ3) is 2.79. The molecule has 82 valence electrons. The minimum Gasteiger partial charge on any atom is -0.362 e. The summed E-state index contributed by atoms with van der Waals surface area (Å²) in [5, 5.41) is 3.29. The summed E-state index contributed by atoms with van der Waals surface area (Å²) >= 11 is 3.42. The average Bonchev–Trinajstić information content (AvgIpc) is 2.31. The van der Waals surface area contributed by atoms with Crippen LogP contribution in [0.15, 0.2) is 47.3 Å². The van der Waals surface area contributed by atoms with Crippen LogP contribution in [0, 0.1) is 0 Å². The third-order valence-electron chi connectivity index (χ3n) is 2.30. The van der Waals surface area contributed by atoms with Crippen molar-refractivity contribution < 1.29 is 0 Å². The van der Waals surface area contributed by atoms with Crippen molar-refractivity contribution in [3.63, 3.8) is 0 Å². The Morgan fingerprint density at radius 2 is 1.94 bits per heavy atom. The van der Waals surface area contributed by atoms with Crippen molar-refractivity contribution in [3.8, 4) is 0 Å². The molecule has 1 aromatic heterocycles. The fourth-order valence-corrected chi connectivity index (χ4v) is 1.69. The lowest BCUT2D eigenvalue weighted by Gasteiger charge is -2.14. The van der Waals surface area contributed by atoms with E-state index < -0.39 is 0 Å². The molecule has 1 atom stereocenters. The lowest BCUT2D eigenvalue weighted by atomic mass is 10.1. The second-order valence-electron chi connectivity index (χ2n) is 3.51. The molecule has 0 spiro atoms. The molecule has 0 aliphatic rings. The molecule has 4 heteroatoms. The summed E-state index contributed by atoms with van der Waals surface area (Å²) in [7, 11) is 0. The zero-order valence-electron chi connectivity index (χ0n) is 8.89. The third-order valence-corrected chi connectivity index (χ3v) is 2.83. The van der Waals surface area contributed by atoms with Crippen molar-refractivity contribution in [2.24, 2.45) is 0 Å². The Balaban J connectivity index is 2.09. The number of halogens is 1. The Kier molecular flexibility index (Phi) is 3.51. The van der Waals surface area contributed by atoms with Gasteiger partial charge in [-0.1, -0.05) is 28.1 Å². The van der Waals surface area contributed by atoms with E-state index in [9.17, 15) is 0 Å². The van der Waals surface area contributed by atoms with E-state index >= 15 is 0 Å². The van der Waals surface area contributed by atoms with Gasteiger partial charge in [-0.3, -0.25) is 4.98 Å². The van der Waals surface area contributed by atoms with E-state index in [4.69, 9.17) is 0 Å². The first-order valence-electron chi connectivity index (χ1n) is 5.04. The maximum absolute atomic E-state index is 4.18. The summed E-state index contributed by atoms with van der Waals surface area (Å²) in [6, 6.07) is 8.44. The minimum atomic E-state index is 0.213. The van der Waals surface area contributed by atoms with E-state index in [1.54, 1.807) is 18.6 Å². The molecule has 1 heterocycles. The van der Waals surface area contributed by atoms with Crippen LogP contribution in [-0.4, -0.2) is 9.97 Å². The number of hydrogen-bond acceptors (Lipinski definition) is 3. The van der Waals surface area contributed by atoms with Gasteiger partial charge in [-0.25, -0.2) is 4.98 Å². The highest BCUT2D eigenvalue weighted by Crippen LogP contribution is 2.19. The number of anilines is 1. The predicted molar refractivity (Wildman–Crippen MR) is 68.2 cm³/mol. The molecule has 0 radical (unpaired) electrons. The van der Waals surface area contributed by atoms with Gasteiger partial charge in [0.15, 0.2) is 0 Å². The fraction of sp³-hybridized carbons (Fsp3) is 0.167. The molecule has 0 bridgehead atoms. The van der Waals surface area contributed by atoms with Gasteiger partial charge in [0.1, 0.15) is 5.82 Å². The zero-order valence-corrected chi connectivity index (χ0v) is 10.5. The van der Waals surface area contributed by atoms with Crippen LogP contribution in [-0.2, 0) is 0 Å². The van der Waals surface area contributed by atoms with E-state index in [-0.39, 0.29) is 6.04 Å². The highest BCUT2D eigenvalue weighted by molar-refractivity contribution is 9.10. The molecule has 0 saturated carbocycles. The van der Waals surface area contributed by atoms with Crippen molar-refractivity contribution >= 4 is 21.7 Å². The fourth-order valence-electron chi connectivity index (χ4n) is 1.43. The van der Waals surface area contributed by atoms with E-state index in [1.165, 1.54) is 5.56 Å². The van der Waals surface area contributed by atoms with Gasteiger partial charge in [0.05, 0.1) is 6.20 Å². The van der Waals surface area contributed by atoms with Crippen molar-refractivity contribution in [1.29, 1.82) is 0 Å². The van der Waals surface area contributed by atoms with Gasteiger partial charge in [0.25, 0.3) is 0 Å². The van der Waals surface area contributed by atoms with Crippen LogP contribution in [0.4, 0.5) is 5.82 Å². The van der Waals surface area contributed by atoms with Crippen molar-refractivity contribution in [3.05, 3.63) is 52.9 Å². The Morgan fingerprint density at radius 1 is 1.19 bits per heavy atom. The maximum Gasteiger partial charge on any atom is 0.144 e. The summed E-state index contributed by atoms with van der Waals surface area (Å²) in [5.41, 5.74) is 1.22. The SMILES string of the molecule is CC(Nc1cnccn1)c1ccc(Br)cc1. The Bertz CT molecular complexity index is 442. The molecule has 1 N–H and O–H groups in total. The number of nitrogens with zero attached hydrogens (tertiary/aromatic N) is 2. The standard InChI is InChI=1S/C12H12BrN3/c1-9(10-2-4-11(13)5-3-10)16-12-8-14-6-7-15-12/h2-9H,1H3,(H,15,16). The first kappa shape index (κ1) is 11.1. The molecular weight excluding hydrogens is 266 g/mol. The maximum atomic E-state index is 4.18. The van der Waals surface area contributed by atoms with Crippen molar-refractivity contribution in [1.82, 2.24) is 9.97 Å². The van der Waals surface area contributed by atoms with Crippen LogP contribution in [0.1, 0.15) is 18.5 Å². The first-order chi connectivity index (χ1) is 7.75. The van der Waals surface area contributed by atoms with Crippen LogP contribution in [0.25, 0.3) is 0 Å². The van der Waals surface area contributed by atoms with Crippen LogP contribution < -0.4 is 5.32 Å². The Hall–Kier alpha value is -1.42. The van der Waals surface area contributed by atoms with Gasteiger partial charge in [0.2, 0.25) is 0 Å². The topological polar surface area (TPSA) is 37.8 Å². The molecule has 1 unspecified atom stereocenters. The molecule has 1 aromatic carbocycles. The smallest absolute Gasteiger partial charge is 0.144 e. The molecule has 0 amide bonds. The summed E-state index contributed by atoms with van der Waals surface area (Å²) < 4.78 is 1.09. The lowest BCUT2D eigenvalue weighted by Crippen LogP contribution is -2.07. The molecule has 0 aliphatic carbocycles. The number of aromatic nitrogens is 2. The van der Waals surface area contributed by atoms with Crippen LogP contribution in [0.5, 0.6) is 0 Å². The Morgan fingerprint density at radius 3 is 2.56 bits per heavy atom. The molecule has 2 aromatic rings. The van der Waals surface area contributed by atoms with E-state index in [0.29, 0.717) is 0 Å². The quantitative estimate of drug-likeness (QED) is 0.934. The molecule has 2 rings (SSSR count). The summed E-state index contributed by atoms with van der Waals surface area (Å²) in [4.78, 5) is 8.19. The van der Waals surface area contributed by atoms with Gasteiger partial charge >= 0.3 is 0 Å². The minimum absolute atomic E-state index is 0.213. The van der Waals surface area contributed by atoms with Crippen molar-refractivity contribution in [2.75, 3.05) is 5.32 Å². The molecular formula is C12H12BrN3. The highest BCUT2D eigenvalue weighted by atomic mass is 79.9. The van der Waals surface area contributed by atoms with E-state index in [2.05, 4.69) is 50.3 Å². The van der Waals surface area contributed by atoms with E-state index in [0.717, 1.165) is 10.3 Å². The van der Waals surface area contributed by atoms with Crippen LogP contribution >= 0.6 is 15.9 Å². The lowest BCUT2D eigenvalue weighted by molar-refractivity contribution is 0.871. The largest absolute Gasteiger partial charge is 0.362 e. The summed E-state index contributed by atoms with van der Waals surface area (Å²) in [6.45, 7) is 2.10. The van der Waals surface area contributed by atoms with E-state index in [1.807, 2.05) is 12.1 Å². The summed E-state index contributed by atoms with van der Waals surface area (Å²) in [6.07, 6.45) is 5.06. The second kappa shape index (κ2) is 5.07. The first-order valence-corrected chi connectivity index (χ1v) is 5.83. The molecule has 3 nitrogen and oxygen atoms in total. The number of nitrogens with one attached hydrogen (secondary N) is 1. The molecule has 16 heavy (non-hydrogen) atoms. The molecule has 0 aliphatic heterocycles. The number of rotatable bonds is 3. The van der Waals surface area contributed by atoms with Gasteiger partial charge in [-0.15, -0.1) is 0 Å². The van der Waals surface area contributed by atoms with Gasteiger partial charge in [0, 0.05) is 22.9 Å². The van der Waals surface area contributed by atoms with Crippen LogP contribution in [0.2, 0.25) is 0 Å². The molecule has 0 fully saturated rings. The number of benzene rings is 1. The monoisotopic (exact) mass is 277 g/mol. The van der Waals surface area contributed by atoms with Crippen molar-refractivity contribution in [2.45, 2.75) is 13.0 Å². The normalized spacial score (nSPS) is 12.1. The molecule has 0 saturated heterocycles. The van der Waals surface area contributed by atoms with Gasteiger partial charge < -0.3 is 5.32 Å². The number of hydrogen-bond donors (Lipinski definition) is 1. The summed E-state index contributed by atoms with van der Waals surface area (Å²) in [5.74, 6) is 0.790. The van der Waals surface area contributed by atoms with Crippen LogP contribution in [0.3, 0.4) is 0 Å². The average molecular weight is 278 g/mol.